The molecular formula is C14H16N2S. The van der Waals surface area contributed by atoms with Crippen molar-refractivity contribution in [1.29, 1.82) is 0 Å². The van der Waals surface area contributed by atoms with Crippen molar-refractivity contribution in [2.24, 2.45) is 0 Å². The number of hydrogen-bond acceptors (Lipinski definition) is 3. The maximum atomic E-state index is 4.82. The van der Waals surface area contributed by atoms with E-state index in [0.29, 0.717) is 0 Å². The fourth-order valence-corrected chi connectivity index (χ4v) is 3.64. The van der Waals surface area contributed by atoms with E-state index in [1.165, 1.54) is 32.3 Å². The number of aromatic nitrogens is 1. The lowest BCUT2D eigenvalue weighted by molar-refractivity contribution is 0.644. The molecule has 88 valence electrons. The van der Waals surface area contributed by atoms with Gasteiger partial charge in [0.15, 0.2) is 0 Å². The monoisotopic (exact) mass is 244 g/mol. The first-order valence-electron chi connectivity index (χ1n) is 6.01. The quantitative estimate of drug-likeness (QED) is 0.834. The van der Waals surface area contributed by atoms with Crippen molar-refractivity contribution in [2.75, 3.05) is 6.54 Å². The van der Waals surface area contributed by atoms with Gasteiger partial charge in [0.1, 0.15) is 5.01 Å². The van der Waals surface area contributed by atoms with E-state index in [0.717, 1.165) is 19.5 Å². The van der Waals surface area contributed by atoms with Crippen molar-refractivity contribution in [1.82, 2.24) is 10.3 Å². The molecule has 3 heteroatoms. The highest BCUT2D eigenvalue weighted by Gasteiger charge is 2.17. The van der Waals surface area contributed by atoms with Crippen molar-refractivity contribution in [3.8, 4) is 10.6 Å². The molecule has 0 fully saturated rings. The van der Waals surface area contributed by atoms with Crippen LogP contribution in [0.4, 0.5) is 0 Å². The van der Waals surface area contributed by atoms with Crippen LogP contribution in [0.15, 0.2) is 18.2 Å². The van der Waals surface area contributed by atoms with Gasteiger partial charge in [0, 0.05) is 30.0 Å². The van der Waals surface area contributed by atoms with E-state index in [9.17, 15) is 0 Å². The van der Waals surface area contributed by atoms with Crippen molar-refractivity contribution < 1.29 is 0 Å². The molecule has 2 nitrogen and oxygen atoms in total. The van der Waals surface area contributed by atoms with Gasteiger partial charge in [-0.2, -0.15) is 0 Å². The fourth-order valence-electron chi connectivity index (χ4n) is 2.38. The zero-order valence-electron chi connectivity index (χ0n) is 10.2. The van der Waals surface area contributed by atoms with Gasteiger partial charge in [-0.15, -0.1) is 11.3 Å². The smallest absolute Gasteiger partial charge is 0.124 e. The van der Waals surface area contributed by atoms with Gasteiger partial charge in [-0.25, -0.2) is 4.98 Å². The number of benzene rings is 1. The number of nitrogens with zero attached hydrogens (tertiary/aromatic N) is 1. The maximum Gasteiger partial charge on any atom is 0.124 e. The summed E-state index contributed by atoms with van der Waals surface area (Å²) in [5.41, 5.74) is 5.27. The second-order valence-corrected chi connectivity index (χ2v) is 5.67. The van der Waals surface area contributed by atoms with Crippen LogP contribution < -0.4 is 5.32 Å². The Morgan fingerprint density at radius 3 is 2.71 bits per heavy atom. The summed E-state index contributed by atoms with van der Waals surface area (Å²) in [5, 5.41) is 4.59. The summed E-state index contributed by atoms with van der Waals surface area (Å²) in [5.74, 6) is 0. The van der Waals surface area contributed by atoms with Crippen molar-refractivity contribution in [2.45, 2.75) is 26.8 Å². The fraction of sp³-hybridized carbons (Fsp3) is 0.357. The van der Waals surface area contributed by atoms with E-state index < -0.39 is 0 Å². The average molecular weight is 244 g/mol. The van der Waals surface area contributed by atoms with Crippen LogP contribution in [0, 0.1) is 13.8 Å². The van der Waals surface area contributed by atoms with E-state index in [4.69, 9.17) is 4.98 Å². The Morgan fingerprint density at radius 1 is 1.24 bits per heavy atom. The molecular weight excluding hydrogens is 228 g/mol. The second kappa shape index (κ2) is 4.24. The lowest BCUT2D eigenvalue weighted by Crippen LogP contribution is -2.22. The van der Waals surface area contributed by atoms with Crippen LogP contribution in [0.1, 0.15) is 21.7 Å². The van der Waals surface area contributed by atoms with E-state index in [-0.39, 0.29) is 0 Å². The van der Waals surface area contributed by atoms with Gasteiger partial charge in [-0.1, -0.05) is 18.2 Å². The molecule has 2 heterocycles. The molecule has 3 rings (SSSR count). The van der Waals surface area contributed by atoms with Crippen molar-refractivity contribution in [3.05, 3.63) is 39.9 Å². The van der Waals surface area contributed by atoms with E-state index >= 15 is 0 Å². The van der Waals surface area contributed by atoms with Crippen LogP contribution in [0.5, 0.6) is 0 Å². The summed E-state index contributed by atoms with van der Waals surface area (Å²) in [6.45, 7) is 6.38. The third kappa shape index (κ3) is 1.90. The van der Waals surface area contributed by atoms with Crippen LogP contribution in [0.2, 0.25) is 0 Å². The van der Waals surface area contributed by atoms with Crippen molar-refractivity contribution in [3.63, 3.8) is 0 Å². The number of aryl methyl sites for hydroxylation is 2. The molecule has 0 aliphatic carbocycles. The van der Waals surface area contributed by atoms with Crippen LogP contribution in [0.25, 0.3) is 10.6 Å². The number of fused-ring (bicyclic) bond motifs is 1. The Kier molecular flexibility index (Phi) is 2.73. The largest absolute Gasteiger partial charge is 0.311 e. The Labute approximate surface area is 106 Å². The highest BCUT2D eigenvalue weighted by molar-refractivity contribution is 7.15. The van der Waals surface area contributed by atoms with Crippen LogP contribution in [-0.4, -0.2) is 11.5 Å². The summed E-state index contributed by atoms with van der Waals surface area (Å²) in [6.07, 6.45) is 1.07. The molecule has 0 amide bonds. The van der Waals surface area contributed by atoms with Gasteiger partial charge in [0.05, 0.1) is 5.69 Å². The first-order chi connectivity index (χ1) is 8.25. The molecule has 0 unspecified atom stereocenters. The molecule has 1 aromatic carbocycles. The third-order valence-corrected chi connectivity index (χ3v) is 4.41. The van der Waals surface area contributed by atoms with E-state index in [1.54, 1.807) is 0 Å². The summed E-state index contributed by atoms with van der Waals surface area (Å²) in [4.78, 5) is 6.23. The SMILES string of the molecule is Cc1cccc(C)c1-c1nc2c(s1)CNCC2. The average Bonchev–Trinajstić information content (AvgIpc) is 2.71. The summed E-state index contributed by atoms with van der Waals surface area (Å²) < 4.78 is 0. The minimum atomic E-state index is 0.984. The summed E-state index contributed by atoms with van der Waals surface area (Å²) in [7, 11) is 0. The molecule has 1 aromatic heterocycles. The zero-order valence-corrected chi connectivity index (χ0v) is 11.0. The van der Waals surface area contributed by atoms with Gasteiger partial charge in [-0.05, 0) is 25.0 Å². The van der Waals surface area contributed by atoms with E-state index in [2.05, 4.69) is 37.4 Å². The molecule has 0 saturated carbocycles. The molecule has 0 spiro atoms. The van der Waals surface area contributed by atoms with Crippen LogP contribution in [0.3, 0.4) is 0 Å². The lowest BCUT2D eigenvalue weighted by Gasteiger charge is -2.09. The molecule has 17 heavy (non-hydrogen) atoms. The molecule has 1 aliphatic rings. The lowest BCUT2D eigenvalue weighted by atomic mass is 10.0. The van der Waals surface area contributed by atoms with Gasteiger partial charge in [0.25, 0.3) is 0 Å². The first-order valence-corrected chi connectivity index (χ1v) is 6.83. The molecule has 1 N–H and O–H groups in total. The normalized spacial score (nSPS) is 14.7. The minimum Gasteiger partial charge on any atom is -0.311 e. The highest BCUT2D eigenvalue weighted by atomic mass is 32.1. The number of thiazole rings is 1. The predicted octanol–water partition coefficient (Wildman–Crippen LogP) is 3.07. The number of hydrogen-bond donors (Lipinski definition) is 1. The third-order valence-electron chi connectivity index (χ3n) is 3.30. The molecule has 2 aromatic rings. The zero-order chi connectivity index (χ0) is 11.8. The Hall–Kier alpha value is -1.19. The Balaban J connectivity index is 2.12. The van der Waals surface area contributed by atoms with Gasteiger partial charge < -0.3 is 5.32 Å². The van der Waals surface area contributed by atoms with Gasteiger partial charge in [-0.3, -0.25) is 0 Å². The molecule has 0 atom stereocenters. The highest BCUT2D eigenvalue weighted by Crippen LogP contribution is 2.33. The molecule has 0 saturated heterocycles. The molecule has 0 radical (unpaired) electrons. The minimum absolute atomic E-state index is 0.984. The standard InChI is InChI=1S/C14H16N2S/c1-9-4-3-5-10(2)13(9)14-16-11-6-7-15-8-12(11)17-14/h3-5,15H,6-8H2,1-2H3. The van der Waals surface area contributed by atoms with Crippen molar-refractivity contribution >= 4 is 11.3 Å². The summed E-state index contributed by atoms with van der Waals surface area (Å²) >= 11 is 1.84. The predicted molar refractivity (Wildman–Crippen MR) is 72.4 cm³/mol. The molecule has 1 aliphatic heterocycles. The maximum absolute atomic E-state index is 4.82. The van der Waals surface area contributed by atoms with Gasteiger partial charge in [0.2, 0.25) is 0 Å². The Morgan fingerprint density at radius 2 is 2.00 bits per heavy atom. The summed E-state index contributed by atoms with van der Waals surface area (Å²) in [6, 6.07) is 6.45. The topological polar surface area (TPSA) is 24.9 Å². The number of nitrogens with one attached hydrogen (secondary N) is 1. The van der Waals surface area contributed by atoms with Gasteiger partial charge >= 0.3 is 0 Å². The second-order valence-electron chi connectivity index (χ2n) is 4.58. The Bertz CT molecular complexity index is 514. The van der Waals surface area contributed by atoms with Crippen LogP contribution in [-0.2, 0) is 13.0 Å². The van der Waals surface area contributed by atoms with E-state index in [1.807, 2.05) is 11.3 Å². The van der Waals surface area contributed by atoms with Crippen LogP contribution >= 0.6 is 11.3 Å². The number of rotatable bonds is 1. The first kappa shape index (κ1) is 10.9. The molecule has 0 bridgehead atoms.